The number of amides is 1. The summed E-state index contributed by atoms with van der Waals surface area (Å²) >= 11 is 0. The molecule has 6 nitrogen and oxygen atoms in total. The molecule has 0 radical (unpaired) electrons. The zero-order valence-electron chi connectivity index (χ0n) is 16.0. The Morgan fingerprint density at radius 1 is 1.11 bits per heavy atom. The van der Waals surface area contributed by atoms with Crippen molar-refractivity contribution in [2.45, 2.75) is 32.5 Å². The number of benzene rings is 2. The lowest BCUT2D eigenvalue weighted by molar-refractivity contribution is 0.0932. The van der Waals surface area contributed by atoms with E-state index in [4.69, 9.17) is 0 Å². The average Bonchev–Trinajstić information content (AvgIpc) is 3.16. The Balaban J connectivity index is 1.50. The van der Waals surface area contributed by atoms with Crippen molar-refractivity contribution in [1.82, 2.24) is 20.0 Å². The van der Waals surface area contributed by atoms with Gasteiger partial charge in [0.15, 0.2) is 5.69 Å². The smallest absolute Gasteiger partial charge is 0.274 e. The van der Waals surface area contributed by atoms with Crippen molar-refractivity contribution in [3.63, 3.8) is 0 Å². The first kappa shape index (κ1) is 18.4. The van der Waals surface area contributed by atoms with E-state index < -0.39 is 0 Å². The van der Waals surface area contributed by atoms with E-state index in [9.17, 15) is 9.59 Å². The van der Waals surface area contributed by atoms with Gasteiger partial charge in [-0.05, 0) is 25.0 Å². The number of carbonyl (C=O) groups is 1. The molecule has 1 amide bonds. The first-order chi connectivity index (χ1) is 13.7. The summed E-state index contributed by atoms with van der Waals surface area (Å²) in [4.78, 5) is 27.8. The summed E-state index contributed by atoms with van der Waals surface area (Å²) in [5.41, 5.74) is 1.43. The monoisotopic (exact) mass is 376 g/mol. The molecule has 1 N–H and O–H groups in total. The minimum Gasteiger partial charge on any atom is -0.347 e. The van der Waals surface area contributed by atoms with E-state index >= 15 is 0 Å². The highest BCUT2D eigenvalue weighted by Gasteiger charge is 2.26. The van der Waals surface area contributed by atoms with Gasteiger partial charge in [-0.15, -0.1) is 0 Å². The Hall–Kier alpha value is -2.99. The molecule has 1 aliphatic rings. The third-order valence-corrected chi connectivity index (χ3v) is 5.24. The van der Waals surface area contributed by atoms with Gasteiger partial charge >= 0.3 is 0 Å². The molecule has 2 heterocycles. The molecule has 1 aromatic heterocycles. The van der Waals surface area contributed by atoms with E-state index in [0.29, 0.717) is 23.0 Å². The van der Waals surface area contributed by atoms with Crippen LogP contribution in [0.5, 0.6) is 0 Å². The second kappa shape index (κ2) is 7.94. The van der Waals surface area contributed by atoms with Crippen LogP contribution in [-0.4, -0.2) is 39.7 Å². The van der Waals surface area contributed by atoms with Crippen LogP contribution in [0.3, 0.4) is 0 Å². The summed E-state index contributed by atoms with van der Waals surface area (Å²) in [7, 11) is 0. The number of hydrogen-bond acceptors (Lipinski definition) is 4. The van der Waals surface area contributed by atoms with Crippen molar-refractivity contribution in [2.24, 2.45) is 0 Å². The second-order valence-corrected chi connectivity index (χ2v) is 7.19. The fourth-order valence-electron chi connectivity index (χ4n) is 3.81. The molecule has 0 saturated carbocycles. The van der Waals surface area contributed by atoms with Crippen LogP contribution < -0.4 is 10.9 Å². The van der Waals surface area contributed by atoms with E-state index in [2.05, 4.69) is 27.4 Å². The molecule has 0 unspecified atom stereocenters. The maximum atomic E-state index is 13.0. The van der Waals surface area contributed by atoms with Crippen molar-refractivity contribution in [3.8, 4) is 0 Å². The molecule has 6 heteroatoms. The maximum Gasteiger partial charge on any atom is 0.274 e. The fraction of sp³-hybridized carbons (Fsp3) is 0.318. The molecule has 1 atom stereocenters. The molecule has 1 fully saturated rings. The molecular weight excluding hydrogens is 352 g/mol. The molecule has 0 bridgehead atoms. The predicted molar refractivity (Wildman–Crippen MR) is 109 cm³/mol. The Labute approximate surface area is 163 Å². The zero-order chi connectivity index (χ0) is 19.5. The summed E-state index contributed by atoms with van der Waals surface area (Å²) in [5, 5.41) is 8.58. The lowest BCUT2D eigenvalue weighted by atomic mass is 10.1. The normalized spacial score (nSPS) is 17.1. The summed E-state index contributed by atoms with van der Waals surface area (Å²) < 4.78 is 1.35. The van der Waals surface area contributed by atoms with Gasteiger partial charge in [-0.2, -0.15) is 5.10 Å². The maximum absolute atomic E-state index is 13.0. The van der Waals surface area contributed by atoms with Crippen LogP contribution >= 0.6 is 0 Å². The van der Waals surface area contributed by atoms with Gasteiger partial charge in [0.1, 0.15) is 0 Å². The van der Waals surface area contributed by atoms with E-state index in [-0.39, 0.29) is 17.5 Å². The fourth-order valence-corrected chi connectivity index (χ4v) is 3.81. The average molecular weight is 376 g/mol. The number of rotatable bonds is 5. The number of nitrogens with one attached hydrogen (secondary N) is 1. The van der Waals surface area contributed by atoms with Crippen LogP contribution in [0.4, 0.5) is 0 Å². The summed E-state index contributed by atoms with van der Waals surface area (Å²) in [6, 6.07) is 17.6. The lowest BCUT2D eigenvalue weighted by Gasteiger charge is -2.17. The Morgan fingerprint density at radius 3 is 2.57 bits per heavy atom. The van der Waals surface area contributed by atoms with E-state index in [1.165, 1.54) is 10.2 Å². The first-order valence-electron chi connectivity index (χ1n) is 9.72. The van der Waals surface area contributed by atoms with Crippen LogP contribution in [0.15, 0.2) is 59.4 Å². The molecule has 0 spiro atoms. The minimum atomic E-state index is -0.218. The molecule has 0 aliphatic carbocycles. The van der Waals surface area contributed by atoms with Crippen LogP contribution in [0.1, 0.15) is 29.4 Å². The van der Waals surface area contributed by atoms with Gasteiger partial charge in [-0.1, -0.05) is 48.5 Å². The highest BCUT2D eigenvalue weighted by Crippen LogP contribution is 2.16. The Bertz CT molecular complexity index is 1050. The molecule has 2 aromatic carbocycles. The topological polar surface area (TPSA) is 67.2 Å². The zero-order valence-corrected chi connectivity index (χ0v) is 16.0. The quantitative estimate of drug-likeness (QED) is 0.743. The minimum absolute atomic E-state index is 0.0822. The summed E-state index contributed by atoms with van der Waals surface area (Å²) in [6.07, 6.45) is 0.907. The van der Waals surface area contributed by atoms with Gasteiger partial charge < -0.3 is 5.32 Å². The van der Waals surface area contributed by atoms with Gasteiger partial charge in [-0.25, -0.2) is 4.68 Å². The number of hydrogen-bond donors (Lipinski definition) is 1. The van der Waals surface area contributed by atoms with Crippen molar-refractivity contribution in [3.05, 3.63) is 76.2 Å². The third-order valence-electron chi connectivity index (χ3n) is 5.24. The number of likely N-dealkylation sites (tertiary alicyclic amines) is 1. The number of nitrogens with zero attached hydrogens (tertiary/aromatic N) is 3. The molecule has 1 aliphatic heterocycles. The van der Waals surface area contributed by atoms with Gasteiger partial charge in [0, 0.05) is 37.6 Å². The van der Waals surface area contributed by atoms with Crippen LogP contribution in [-0.2, 0) is 13.1 Å². The van der Waals surface area contributed by atoms with Crippen molar-refractivity contribution >= 4 is 16.7 Å². The second-order valence-electron chi connectivity index (χ2n) is 7.19. The molecule has 1 saturated heterocycles. The van der Waals surface area contributed by atoms with Gasteiger partial charge in [0.05, 0.1) is 5.39 Å². The van der Waals surface area contributed by atoms with Crippen LogP contribution in [0, 0.1) is 0 Å². The van der Waals surface area contributed by atoms with Gasteiger partial charge in [0.25, 0.3) is 11.5 Å². The lowest BCUT2D eigenvalue weighted by Crippen LogP contribution is -2.38. The highest BCUT2D eigenvalue weighted by molar-refractivity contribution is 6.04. The molecular formula is C22H24N4O2. The Morgan fingerprint density at radius 2 is 1.82 bits per heavy atom. The number of fused-ring (bicyclic) bond motifs is 1. The Kier molecular flexibility index (Phi) is 5.21. The molecule has 28 heavy (non-hydrogen) atoms. The molecule has 3 aromatic rings. The highest BCUT2D eigenvalue weighted by atomic mass is 16.2. The summed E-state index contributed by atoms with van der Waals surface area (Å²) in [5.74, 6) is -0.218. The van der Waals surface area contributed by atoms with Crippen LogP contribution in [0.2, 0.25) is 0 Å². The van der Waals surface area contributed by atoms with Gasteiger partial charge in [0.2, 0.25) is 0 Å². The molecule has 4 rings (SSSR count). The number of aromatic nitrogens is 2. The first-order valence-corrected chi connectivity index (χ1v) is 9.72. The van der Waals surface area contributed by atoms with Crippen molar-refractivity contribution in [1.29, 1.82) is 0 Å². The van der Waals surface area contributed by atoms with Crippen molar-refractivity contribution < 1.29 is 4.79 Å². The third kappa shape index (κ3) is 3.68. The largest absolute Gasteiger partial charge is 0.347 e. The molecule has 144 valence electrons. The number of carbonyl (C=O) groups excluding carboxylic acids is 1. The van der Waals surface area contributed by atoms with E-state index in [0.717, 1.165) is 26.1 Å². The standard InChI is InChI=1S/C22H24N4O2/c1-2-26-22(28)19-11-7-6-10-18(19)20(24-26)21(27)23-17-12-13-25(15-17)14-16-8-4-3-5-9-16/h3-11,17H,2,12-15H2,1H3,(H,23,27)/t17-/m0/s1. The van der Waals surface area contributed by atoms with E-state index in [1.807, 2.05) is 37.3 Å². The summed E-state index contributed by atoms with van der Waals surface area (Å²) in [6.45, 7) is 4.92. The van der Waals surface area contributed by atoms with Gasteiger partial charge in [-0.3, -0.25) is 14.5 Å². The van der Waals surface area contributed by atoms with Crippen molar-refractivity contribution in [2.75, 3.05) is 13.1 Å². The number of aryl methyl sites for hydroxylation is 1. The predicted octanol–water partition coefficient (Wildman–Crippen LogP) is 2.42. The SMILES string of the molecule is CCn1nc(C(=O)N[C@H]2CCN(Cc3ccccc3)C2)c2ccccc2c1=O. The van der Waals surface area contributed by atoms with E-state index in [1.54, 1.807) is 12.1 Å². The van der Waals surface area contributed by atoms with Crippen LogP contribution in [0.25, 0.3) is 10.8 Å².